The minimum Gasteiger partial charge on any atom is -0.369 e. The van der Waals surface area contributed by atoms with Crippen molar-refractivity contribution in [2.24, 2.45) is 0 Å². The topological polar surface area (TPSA) is 20.2 Å². The lowest BCUT2D eigenvalue weighted by molar-refractivity contribution is 0.104. The van der Waals surface area contributed by atoms with Crippen molar-refractivity contribution in [3.05, 3.63) is 0 Å². The standard InChI is InChI=1S/C7HCl15O/c8-1(9,2(10,11)4(14,15)6(17,18)19)3(12,13)5(16,23)7(20,21)22/h23H. The molecule has 0 saturated carbocycles. The van der Waals surface area contributed by atoms with Crippen LogP contribution in [0.2, 0.25) is 0 Å². The highest BCUT2D eigenvalue weighted by Gasteiger charge is 2.79. The van der Waals surface area contributed by atoms with Crippen LogP contribution in [0.4, 0.5) is 0 Å². The molecule has 1 N–H and O–H groups in total. The molecule has 0 aromatic rings. The Morgan fingerprint density at radius 1 is 0.348 bits per heavy atom. The third-order valence-corrected chi connectivity index (χ3v) is 11.3. The summed E-state index contributed by atoms with van der Waals surface area (Å²) in [5, 5.41) is 7.02. The molecule has 0 heterocycles. The van der Waals surface area contributed by atoms with Gasteiger partial charge in [0.2, 0.25) is 21.3 Å². The number of alkyl halides is 15. The molecule has 23 heavy (non-hydrogen) atoms. The number of hydrogen-bond acceptors (Lipinski definition) is 1. The molecule has 0 saturated heterocycles. The lowest BCUT2D eigenvalue weighted by Gasteiger charge is -2.51. The second-order valence-corrected chi connectivity index (χ2v) is 14.3. The fraction of sp³-hybridized carbons (Fsp3) is 1.00. The van der Waals surface area contributed by atoms with Crippen LogP contribution in [0.25, 0.3) is 0 Å². The Kier molecular flexibility index (Phi) is 9.33. The van der Waals surface area contributed by atoms with Gasteiger partial charge in [-0.2, -0.15) is 0 Å². The average Bonchev–Trinajstić information content (AvgIpc) is 2.24. The molecule has 0 aliphatic heterocycles. The van der Waals surface area contributed by atoms with Crippen LogP contribution in [0.1, 0.15) is 0 Å². The first-order chi connectivity index (χ1) is 9.50. The van der Waals surface area contributed by atoms with Crippen molar-refractivity contribution < 1.29 is 5.11 Å². The van der Waals surface area contributed by atoms with E-state index in [2.05, 4.69) is 0 Å². The van der Waals surface area contributed by atoms with E-state index in [1.165, 1.54) is 0 Å². The van der Waals surface area contributed by atoms with Gasteiger partial charge in [0.15, 0.2) is 8.67 Å². The molecule has 0 radical (unpaired) electrons. The summed E-state index contributed by atoms with van der Waals surface area (Å²) in [5.74, 6) is 0. The van der Waals surface area contributed by atoms with E-state index < -0.39 is 30.0 Å². The fourth-order valence-electron chi connectivity index (χ4n) is 0.958. The first kappa shape index (κ1) is 27.3. The van der Waals surface area contributed by atoms with E-state index in [9.17, 15) is 5.11 Å². The van der Waals surface area contributed by atoms with E-state index in [-0.39, 0.29) is 0 Å². The fourth-order valence-corrected chi connectivity index (χ4v) is 4.99. The maximum atomic E-state index is 10.2. The monoisotopic (exact) mass is 626 g/mol. The van der Waals surface area contributed by atoms with Gasteiger partial charge in [-0.25, -0.2) is 0 Å². The Bertz CT molecular complexity index is 400. The SMILES string of the molecule is OC(Cl)(C(Cl)(Cl)Cl)C(Cl)(Cl)C(Cl)(Cl)C(Cl)(Cl)C(Cl)(Cl)C(Cl)(Cl)Cl. The van der Waals surface area contributed by atoms with E-state index >= 15 is 0 Å². The molecule has 0 aliphatic rings. The summed E-state index contributed by atoms with van der Waals surface area (Å²) in [6.45, 7) is 0. The molecule has 16 heteroatoms. The summed E-state index contributed by atoms with van der Waals surface area (Å²) < 4.78 is -16.9. The predicted octanol–water partition coefficient (Wildman–Crippen LogP) is 8.35. The van der Waals surface area contributed by atoms with Crippen LogP contribution in [-0.4, -0.2) is 35.1 Å². The zero-order chi connectivity index (χ0) is 19.5. The lowest BCUT2D eigenvalue weighted by Crippen LogP contribution is -2.69. The van der Waals surface area contributed by atoms with Crippen molar-refractivity contribution in [3.63, 3.8) is 0 Å². The zero-order valence-electron chi connectivity index (χ0n) is 9.62. The largest absolute Gasteiger partial charge is 0.369 e. The summed E-state index contributed by atoms with van der Waals surface area (Å²) in [6, 6.07) is 0. The van der Waals surface area contributed by atoms with Crippen LogP contribution >= 0.6 is 174 Å². The highest BCUT2D eigenvalue weighted by Crippen LogP contribution is 2.69. The molecule has 1 unspecified atom stereocenters. The lowest BCUT2D eigenvalue weighted by atomic mass is 10.1. The zero-order valence-corrected chi connectivity index (χ0v) is 21.0. The summed E-state index contributed by atoms with van der Waals surface area (Å²) in [5.41, 5.74) is 0. The molecule has 0 amide bonds. The van der Waals surface area contributed by atoms with Gasteiger partial charge in [0.1, 0.15) is 0 Å². The van der Waals surface area contributed by atoms with Crippen molar-refractivity contribution >= 4 is 174 Å². The molecule has 0 aliphatic carbocycles. The van der Waals surface area contributed by atoms with Gasteiger partial charge >= 0.3 is 0 Å². The minimum atomic E-state index is -3.16. The number of halogens is 15. The van der Waals surface area contributed by atoms with Gasteiger partial charge in [-0.1, -0.05) is 174 Å². The van der Waals surface area contributed by atoms with E-state index in [4.69, 9.17) is 174 Å². The second kappa shape index (κ2) is 7.86. The van der Waals surface area contributed by atoms with Gasteiger partial charge in [0, 0.05) is 0 Å². The van der Waals surface area contributed by atoms with Crippen molar-refractivity contribution in [3.8, 4) is 0 Å². The Hall–Kier alpha value is 4.31. The van der Waals surface area contributed by atoms with Crippen molar-refractivity contribution in [2.75, 3.05) is 0 Å². The molecular weight excluding hydrogens is 632 g/mol. The first-order valence-electron chi connectivity index (χ1n) is 4.56. The van der Waals surface area contributed by atoms with Gasteiger partial charge in [-0.3, -0.25) is 0 Å². The van der Waals surface area contributed by atoms with Gasteiger partial charge in [0.05, 0.1) is 0 Å². The van der Waals surface area contributed by atoms with Crippen LogP contribution < -0.4 is 0 Å². The Morgan fingerprint density at radius 2 is 0.609 bits per heavy atom. The van der Waals surface area contributed by atoms with E-state index in [1.807, 2.05) is 0 Å². The molecular formula is C7HCl15O. The Balaban J connectivity index is 6.37. The van der Waals surface area contributed by atoms with Crippen molar-refractivity contribution in [1.82, 2.24) is 0 Å². The van der Waals surface area contributed by atoms with Crippen LogP contribution in [0.5, 0.6) is 0 Å². The van der Waals surface area contributed by atoms with Gasteiger partial charge in [-0.15, -0.1) is 0 Å². The van der Waals surface area contributed by atoms with Crippen LogP contribution in [0.15, 0.2) is 0 Å². The summed E-state index contributed by atoms with van der Waals surface area (Å²) in [6.07, 6.45) is 0. The maximum Gasteiger partial charge on any atom is 0.235 e. The molecule has 0 bridgehead atoms. The molecule has 0 aromatic carbocycles. The second-order valence-electron chi connectivity index (χ2n) is 3.92. The Labute approximate surface area is 206 Å². The Morgan fingerprint density at radius 3 is 0.826 bits per heavy atom. The van der Waals surface area contributed by atoms with Crippen LogP contribution in [-0.2, 0) is 0 Å². The summed E-state index contributed by atoms with van der Waals surface area (Å²) in [7, 11) is 0. The maximum absolute atomic E-state index is 10.2. The molecule has 140 valence electrons. The predicted molar refractivity (Wildman–Crippen MR) is 109 cm³/mol. The molecule has 1 nitrogen and oxygen atoms in total. The van der Waals surface area contributed by atoms with Crippen LogP contribution in [0.3, 0.4) is 0 Å². The molecule has 0 rings (SSSR count). The van der Waals surface area contributed by atoms with E-state index in [1.54, 1.807) is 0 Å². The first-order valence-corrected chi connectivity index (χ1v) is 10.2. The van der Waals surface area contributed by atoms with Gasteiger partial charge in [-0.05, 0) is 0 Å². The van der Waals surface area contributed by atoms with E-state index in [0.717, 1.165) is 0 Å². The van der Waals surface area contributed by atoms with Gasteiger partial charge in [0.25, 0.3) is 0 Å². The molecule has 1 atom stereocenters. The van der Waals surface area contributed by atoms with Crippen LogP contribution in [0, 0.1) is 0 Å². The molecule has 0 spiro atoms. The van der Waals surface area contributed by atoms with Gasteiger partial charge < -0.3 is 5.11 Å². The van der Waals surface area contributed by atoms with Crippen molar-refractivity contribution in [1.29, 1.82) is 0 Å². The summed E-state index contributed by atoms with van der Waals surface area (Å²) in [4.78, 5) is 0. The van der Waals surface area contributed by atoms with Crippen molar-refractivity contribution in [2.45, 2.75) is 30.0 Å². The average molecular weight is 633 g/mol. The van der Waals surface area contributed by atoms with E-state index in [0.29, 0.717) is 0 Å². The number of hydrogen-bond donors (Lipinski definition) is 1. The highest BCUT2D eigenvalue weighted by molar-refractivity contribution is 6.82. The third-order valence-electron chi connectivity index (χ3n) is 2.33. The number of aliphatic hydroxyl groups is 1. The quantitative estimate of drug-likeness (QED) is 0.309. The third kappa shape index (κ3) is 4.57. The smallest absolute Gasteiger partial charge is 0.235 e. The number of rotatable bonds is 4. The normalized spacial score (nSPS) is 18.8. The molecule has 0 aromatic heterocycles. The molecule has 0 fully saturated rings. The summed E-state index contributed by atoms with van der Waals surface area (Å²) >= 11 is 86.3. The highest BCUT2D eigenvalue weighted by atomic mass is 35.6. The minimum absolute atomic E-state index is 2.57.